The molecule has 3 amide bonds. The topological polar surface area (TPSA) is 138 Å². The van der Waals surface area contributed by atoms with Crippen LogP contribution in [0, 0.1) is 0 Å². The third-order valence-corrected chi connectivity index (χ3v) is 4.95. The fourth-order valence-corrected chi connectivity index (χ4v) is 3.63. The van der Waals surface area contributed by atoms with E-state index in [-0.39, 0.29) is 35.4 Å². The third-order valence-electron chi connectivity index (χ3n) is 4.95. The molecule has 2 atom stereocenters. The number of anilines is 2. The van der Waals surface area contributed by atoms with E-state index >= 15 is 0 Å². The van der Waals surface area contributed by atoms with Gasteiger partial charge in [-0.15, -0.1) is 0 Å². The Balaban J connectivity index is 1.37. The lowest BCUT2D eigenvalue weighted by Crippen LogP contribution is -2.33. The Morgan fingerprint density at radius 2 is 2.07 bits per heavy atom. The second-order valence-corrected chi connectivity index (χ2v) is 7.57. The van der Waals surface area contributed by atoms with E-state index in [4.69, 9.17) is 4.74 Å². The number of alkyl carbamates (subject to hydrolysis) is 1. The standard InChI is InChI=1S/C19H22N6O4/c1-9(2)21-19(28)29-12-4-3-10(5-12)14-7-15(25-24-14)22-11-6-13-16(20-8-11)18(27)23-17(13)26/h6-10,12H,3-5H2,1-2H3,(H,21,28)(H2,22,24,25)(H,23,26,27)/t10-,12+/m0/s1. The Morgan fingerprint density at radius 3 is 2.86 bits per heavy atom. The molecule has 152 valence electrons. The molecule has 2 aromatic rings. The van der Waals surface area contributed by atoms with Gasteiger partial charge in [0.2, 0.25) is 0 Å². The first-order chi connectivity index (χ1) is 13.9. The summed E-state index contributed by atoms with van der Waals surface area (Å²) in [6.45, 7) is 3.78. The summed E-state index contributed by atoms with van der Waals surface area (Å²) < 4.78 is 5.46. The van der Waals surface area contributed by atoms with E-state index in [0.29, 0.717) is 11.5 Å². The first-order valence-corrected chi connectivity index (χ1v) is 9.54. The van der Waals surface area contributed by atoms with Gasteiger partial charge in [-0.2, -0.15) is 5.10 Å². The highest BCUT2D eigenvalue weighted by Gasteiger charge is 2.30. The molecule has 4 N–H and O–H groups in total. The number of carbonyl (C=O) groups is 3. The predicted octanol–water partition coefficient (Wildman–Crippen LogP) is 2.20. The summed E-state index contributed by atoms with van der Waals surface area (Å²) in [6.07, 6.45) is 3.41. The van der Waals surface area contributed by atoms with Crippen LogP contribution in [0.1, 0.15) is 65.6 Å². The zero-order chi connectivity index (χ0) is 20.5. The summed E-state index contributed by atoms with van der Waals surface area (Å²) in [6, 6.07) is 3.50. The monoisotopic (exact) mass is 398 g/mol. The maximum Gasteiger partial charge on any atom is 0.407 e. The smallest absolute Gasteiger partial charge is 0.407 e. The quantitative estimate of drug-likeness (QED) is 0.566. The van der Waals surface area contributed by atoms with Crippen molar-refractivity contribution in [2.24, 2.45) is 0 Å². The fourth-order valence-electron chi connectivity index (χ4n) is 3.63. The zero-order valence-corrected chi connectivity index (χ0v) is 16.1. The van der Waals surface area contributed by atoms with Crippen LogP contribution >= 0.6 is 0 Å². The number of H-pyrrole nitrogens is 1. The fraction of sp³-hybridized carbons (Fsp3) is 0.421. The number of imide groups is 1. The molecule has 1 saturated carbocycles. The van der Waals surface area contributed by atoms with Crippen LogP contribution in [-0.2, 0) is 4.74 Å². The van der Waals surface area contributed by atoms with Gasteiger partial charge in [-0.3, -0.25) is 20.0 Å². The molecule has 0 saturated heterocycles. The maximum atomic E-state index is 11.8. The second kappa shape index (κ2) is 7.53. The van der Waals surface area contributed by atoms with Crippen molar-refractivity contribution < 1.29 is 19.1 Å². The van der Waals surface area contributed by atoms with Crippen LogP contribution in [0.25, 0.3) is 0 Å². The summed E-state index contributed by atoms with van der Waals surface area (Å²) in [5, 5.41) is 15.3. The van der Waals surface area contributed by atoms with E-state index in [9.17, 15) is 14.4 Å². The Hall–Kier alpha value is -3.43. The van der Waals surface area contributed by atoms with Gasteiger partial charge in [0.25, 0.3) is 11.8 Å². The van der Waals surface area contributed by atoms with Crippen molar-refractivity contribution in [3.05, 3.63) is 35.3 Å². The molecule has 1 fully saturated rings. The molecule has 4 rings (SSSR count). The Kier molecular flexibility index (Phi) is 4.91. The second-order valence-electron chi connectivity index (χ2n) is 7.57. The minimum absolute atomic E-state index is 0.0406. The Bertz CT molecular complexity index is 969. The number of aromatic nitrogens is 3. The highest BCUT2D eigenvalue weighted by Crippen LogP contribution is 2.36. The summed E-state index contributed by atoms with van der Waals surface area (Å²) in [7, 11) is 0. The molecular formula is C19H22N6O4. The normalized spacial score (nSPS) is 20.5. The van der Waals surface area contributed by atoms with E-state index in [0.717, 1.165) is 25.0 Å². The number of nitrogens with one attached hydrogen (secondary N) is 4. The van der Waals surface area contributed by atoms with Gasteiger partial charge >= 0.3 is 6.09 Å². The van der Waals surface area contributed by atoms with Crippen LogP contribution in [0.2, 0.25) is 0 Å². The number of nitrogens with zero attached hydrogens (tertiary/aromatic N) is 2. The molecular weight excluding hydrogens is 376 g/mol. The van der Waals surface area contributed by atoms with Crippen LogP contribution in [-0.4, -0.2) is 45.2 Å². The summed E-state index contributed by atoms with van der Waals surface area (Å²) in [5.41, 5.74) is 1.88. The SMILES string of the molecule is CC(C)NC(=O)O[C@@H]1CC[C@H](c2cc(Nc3cnc4c(c3)C(=O)NC4=O)n[nH]2)C1. The van der Waals surface area contributed by atoms with Crippen LogP contribution in [0.3, 0.4) is 0 Å². The van der Waals surface area contributed by atoms with Crippen LogP contribution in [0.5, 0.6) is 0 Å². The lowest BCUT2D eigenvalue weighted by Gasteiger charge is -2.14. The number of pyridine rings is 1. The minimum atomic E-state index is -0.487. The number of hydrogen-bond donors (Lipinski definition) is 4. The first kappa shape index (κ1) is 18.9. The van der Waals surface area contributed by atoms with Crippen molar-refractivity contribution >= 4 is 29.4 Å². The summed E-state index contributed by atoms with van der Waals surface area (Å²) in [5.74, 6) is -0.147. The number of aromatic amines is 1. The molecule has 3 heterocycles. The number of hydrogen-bond acceptors (Lipinski definition) is 7. The number of fused-ring (bicyclic) bond motifs is 1. The predicted molar refractivity (Wildman–Crippen MR) is 103 cm³/mol. The molecule has 2 aromatic heterocycles. The average Bonchev–Trinajstić information content (AvgIpc) is 3.35. The lowest BCUT2D eigenvalue weighted by atomic mass is 10.0. The van der Waals surface area contributed by atoms with Crippen LogP contribution in [0.4, 0.5) is 16.3 Å². The van der Waals surface area contributed by atoms with E-state index in [2.05, 4.69) is 31.1 Å². The maximum absolute atomic E-state index is 11.8. The van der Waals surface area contributed by atoms with Crippen molar-refractivity contribution in [3.63, 3.8) is 0 Å². The van der Waals surface area contributed by atoms with Gasteiger partial charge in [-0.05, 0) is 39.2 Å². The van der Waals surface area contributed by atoms with Gasteiger partial charge in [0.1, 0.15) is 11.8 Å². The number of amides is 3. The largest absolute Gasteiger partial charge is 0.446 e. The molecule has 1 aliphatic heterocycles. The highest BCUT2D eigenvalue weighted by atomic mass is 16.6. The van der Waals surface area contributed by atoms with Gasteiger partial charge in [0, 0.05) is 23.7 Å². The highest BCUT2D eigenvalue weighted by molar-refractivity contribution is 6.20. The molecule has 0 aromatic carbocycles. The molecule has 0 unspecified atom stereocenters. The zero-order valence-electron chi connectivity index (χ0n) is 16.1. The molecule has 29 heavy (non-hydrogen) atoms. The molecule has 0 spiro atoms. The first-order valence-electron chi connectivity index (χ1n) is 9.54. The Labute approximate surface area is 166 Å². The van der Waals surface area contributed by atoms with Crippen LogP contribution in [0.15, 0.2) is 18.3 Å². The number of ether oxygens (including phenoxy) is 1. The van der Waals surface area contributed by atoms with Crippen LogP contribution < -0.4 is 16.0 Å². The Morgan fingerprint density at radius 1 is 1.24 bits per heavy atom. The third kappa shape index (κ3) is 4.05. The van der Waals surface area contributed by atoms with Crippen molar-refractivity contribution in [3.8, 4) is 0 Å². The van der Waals surface area contributed by atoms with Gasteiger partial charge in [0.05, 0.1) is 17.4 Å². The summed E-state index contributed by atoms with van der Waals surface area (Å²) >= 11 is 0. The molecule has 0 bridgehead atoms. The van der Waals surface area contributed by atoms with Crippen molar-refractivity contribution in [2.75, 3.05) is 5.32 Å². The molecule has 1 aliphatic carbocycles. The minimum Gasteiger partial charge on any atom is -0.446 e. The number of carbonyl (C=O) groups excluding carboxylic acids is 3. The molecule has 10 nitrogen and oxygen atoms in total. The van der Waals surface area contributed by atoms with Gasteiger partial charge in [-0.1, -0.05) is 0 Å². The van der Waals surface area contributed by atoms with E-state index < -0.39 is 11.8 Å². The average molecular weight is 398 g/mol. The van der Waals surface area contributed by atoms with Gasteiger partial charge in [-0.25, -0.2) is 9.78 Å². The van der Waals surface area contributed by atoms with E-state index in [1.54, 1.807) is 6.07 Å². The molecule has 10 heteroatoms. The lowest BCUT2D eigenvalue weighted by molar-refractivity contribution is 0.0876. The van der Waals surface area contributed by atoms with Gasteiger partial charge < -0.3 is 15.4 Å². The van der Waals surface area contributed by atoms with Crippen molar-refractivity contribution in [1.29, 1.82) is 0 Å². The molecule has 0 radical (unpaired) electrons. The summed E-state index contributed by atoms with van der Waals surface area (Å²) in [4.78, 5) is 39.1. The number of rotatable bonds is 5. The molecule has 2 aliphatic rings. The van der Waals surface area contributed by atoms with Gasteiger partial charge in [0.15, 0.2) is 5.82 Å². The van der Waals surface area contributed by atoms with Crippen molar-refractivity contribution in [1.82, 2.24) is 25.8 Å². The van der Waals surface area contributed by atoms with Crippen molar-refractivity contribution in [2.45, 2.75) is 51.2 Å². The van der Waals surface area contributed by atoms with E-state index in [1.807, 2.05) is 19.9 Å². The van der Waals surface area contributed by atoms with E-state index in [1.165, 1.54) is 6.20 Å².